The van der Waals surface area contributed by atoms with E-state index in [2.05, 4.69) is 34.0 Å². The second-order valence-electron chi connectivity index (χ2n) is 4.03. The van der Waals surface area contributed by atoms with Gasteiger partial charge in [0.25, 0.3) is 5.91 Å². The van der Waals surface area contributed by atoms with Gasteiger partial charge in [-0.2, -0.15) is 0 Å². The highest BCUT2D eigenvalue weighted by molar-refractivity contribution is 5.96. The Bertz CT molecular complexity index is 477. The molecule has 0 atom stereocenters. The van der Waals surface area contributed by atoms with Gasteiger partial charge in [-0.15, -0.1) is 0 Å². The molecule has 0 spiro atoms. The molecule has 1 amide bonds. The smallest absolute Gasteiger partial charge is 0.252 e. The first kappa shape index (κ1) is 15.2. The van der Waals surface area contributed by atoms with Crippen molar-refractivity contribution < 1.29 is 9.90 Å². The number of aliphatic hydroxyl groups excluding tert-OH is 1. The van der Waals surface area contributed by atoms with E-state index < -0.39 is 0 Å². The van der Waals surface area contributed by atoms with Crippen molar-refractivity contribution in [2.45, 2.75) is 6.92 Å². The molecule has 1 aromatic heterocycles. The zero-order valence-electron chi connectivity index (χ0n) is 11.3. The monoisotopic (exact) mass is 261 g/mol. The third-order valence-electron chi connectivity index (χ3n) is 2.69. The fourth-order valence-corrected chi connectivity index (χ4v) is 1.44. The number of amides is 1. The largest absolute Gasteiger partial charge is 0.384 e. The van der Waals surface area contributed by atoms with Crippen LogP contribution in [0.15, 0.2) is 18.5 Å². The van der Waals surface area contributed by atoms with Crippen molar-refractivity contribution in [3.8, 4) is 11.8 Å². The topological polar surface area (TPSA) is 65.5 Å². The number of aromatic nitrogens is 1. The van der Waals surface area contributed by atoms with Crippen LogP contribution in [0.3, 0.4) is 0 Å². The summed E-state index contributed by atoms with van der Waals surface area (Å²) in [6.45, 7) is 4.15. The van der Waals surface area contributed by atoms with Gasteiger partial charge < -0.3 is 15.3 Å². The number of rotatable bonds is 5. The molecule has 19 heavy (non-hydrogen) atoms. The number of nitrogens with zero attached hydrogens (tertiary/aromatic N) is 2. The van der Waals surface area contributed by atoms with E-state index in [4.69, 9.17) is 5.11 Å². The molecule has 5 heteroatoms. The van der Waals surface area contributed by atoms with E-state index in [0.29, 0.717) is 17.7 Å². The molecular weight excluding hydrogens is 242 g/mol. The van der Waals surface area contributed by atoms with Crippen LogP contribution in [0, 0.1) is 11.8 Å². The van der Waals surface area contributed by atoms with Crippen LogP contribution in [0.25, 0.3) is 0 Å². The summed E-state index contributed by atoms with van der Waals surface area (Å²) < 4.78 is 0. The standard InChI is InChI=1S/C14H19N3O2/c1-3-17(2)9-8-16-14(19)13-6-7-15-11-12(13)5-4-10-18/h6-7,11,18H,3,8-10H2,1-2H3,(H,16,19). The van der Waals surface area contributed by atoms with Crippen LogP contribution >= 0.6 is 0 Å². The zero-order valence-corrected chi connectivity index (χ0v) is 11.3. The van der Waals surface area contributed by atoms with Crippen LogP contribution in [0.4, 0.5) is 0 Å². The Morgan fingerprint density at radius 2 is 2.37 bits per heavy atom. The number of hydrogen-bond acceptors (Lipinski definition) is 4. The molecule has 5 nitrogen and oxygen atoms in total. The number of carbonyl (C=O) groups is 1. The second-order valence-corrected chi connectivity index (χ2v) is 4.03. The Morgan fingerprint density at radius 3 is 3.05 bits per heavy atom. The van der Waals surface area contributed by atoms with E-state index in [-0.39, 0.29) is 12.5 Å². The third kappa shape index (κ3) is 5.08. The van der Waals surface area contributed by atoms with Crippen molar-refractivity contribution in [1.29, 1.82) is 0 Å². The first-order valence-electron chi connectivity index (χ1n) is 6.19. The Labute approximate surface area is 113 Å². The van der Waals surface area contributed by atoms with Crippen LogP contribution in [-0.2, 0) is 0 Å². The Morgan fingerprint density at radius 1 is 1.58 bits per heavy atom. The maximum atomic E-state index is 12.0. The summed E-state index contributed by atoms with van der Waals surface area (Å²) in [5.74, 6) is 5.07. The molecule has 2 N–H and O–H groups in total. The lowest BCUT2D eigenvalue weighted by atomic mass is 10.1. The van der Waals surface area contributed by atoms with Crippen molar-refractivity contribution in [1.82, 2.24) is 15.2 Å². The highest BCUT2D eigenvalue weighted by Crippen LogP contribution is 2.04. The van der Waals surface area contributed by atoms with Crippen LogP contribution in [-0.4, -0.2) is 54.2 Å². The Kier molecular flexibility index (Phi) is 6.58. The lowest BCUT2D eigenvalue weighted by molar-refractivity contribution is 0.0950. The average molecular weight is 261 g/mol. The van der Waals surface area contributed by atoms with Crippen molar-refractivity contribution >= 4 is 5.91 Å². The lowest BCUT2D eigenvalue weighted by Crippen LogP contribution is -2.33. The van der Waals surface area contributed by atoms with Crippen LogP contribution in [0.5, 0.6) is 0 Å². The summed E-state index contributed by atoms with van der Waals surface area (Å²) in [6, 6.07) is 1.63. The summed E-state index contributed by atoms with van der Waals surface area (Å²) >= 11 is 0. The minimum Gasteiger partial charge on any atom is -0.384 e. The molecule has 0 saturated carbocycles. The molecule has 0 aliphatic rings. The van der Waals surface area contributed by atoms with Gasteiger partial charge in [-0.1, -0.05) is 18.8 Å². The van der Waals surface area contributed by atoms with Gasteiger partial charge in [0.05, 0.1) is 11.1 Å². The molecule has 0 aliphatic carbocycles. The predicted molar refractivity (Wildman–Crippen MR) is 73.7 cm³/mol. The van der Waals surface area contributed by atoms with Gasteiger partial charge in [0, 0.05) is 25.5 Å². The molecule has 1 aromatic rings. The van der Waals surface area contributed by atoms with Crippen LogP contribution in [0.1, 0.15) is 22.8 Å². The van der Waals surface area contributed by atoms with E-state index in [1.54, 1.807) is 12.3 Å². The maximum absolute atomic E-state index is 12.0. The van der Waals surface area contributed by atoms with E-state index in [1.165, 1.54) is 6.20 Å². The first-order chi connectivity index (χ1) is 9.19. The maximum Gasteiger partial charge on any atom is 0.252 e. The highest BCUT2D eigenvalue weighted by Gasteiger charge is 2.09. The van der Waals surface area contributed by atoms with Gasteiger partial charge in [-0.3, -0.25) is 9.78 Å². The molecular formula is C14H19N3O2. The number of hydrogen-bond donors (Lipinski definition) is 2. The first-order valence-corrected chi connectivity index (χ1v) is 6.19. The lowest BCUT2D eigenvalue weighted by Gasteiger charge is -2.14. The van der Waals surface area contributed by atoms with Gasteiger partial charge in [-0.25, -0.2) is 0 Å². The molecule has 0 bridgehead atoms. The number of pyridine rings is 1. The summed E-state index contributed by atoms with van der Waals surface area (Å²) in [7, 11) is 2.00. The van der Waals surface area contributed by atoms with Gasteiger partial charge in [0.1, 0.15) is 6.61 Å². The number of carbonyl (C=O) groups excluding carboxylic acids is 1. The molecule has 102 valence electrons. The summed E-state index contributed by atoms with van der Waals surface area (Å²) in [5.41, 5.74) is 1.01. The van der Waals surface area contributed by atoms with Gasteiger partial charge in [-0.05, 0) is 19.7 Å². The van der Waals surface area contributed by atoms with E-state index in [9.17, 15) is 4.79 Å². The molecule has 0 fully saturated rings. The Balaban J connectivity index is 2.66. The molecule has 1 heterocycles. The predicted octanol–water partition coefficient (Wildman–Crippen LogP) is 0.107. The summed E-state index contributed by atoms with van der Waals surface area (Å²) in [6.07, 6.45) is 3.08. The fourth-order valence-electron chi connectivity index (χ4n) is 1.44. The zero-order chi connectivity index (χ0) is 14.1. The average Bonchev–Trinajstić information content (AvgIpc) is 2.45. The number of nitrogens with one attached hydrogen (secondary N) is 1. The van der Waals surface area contributed by atoms with Gasteiger partial charge in [0.2, 0.25) is 0 Å². The molecule has 0 unspecified atom stereocenters. The normalized spacial score (nSPS) is 9.89. The van der Waals surface area contributed by atoms with Crippen molar-refractivity contribution in [3.63, 3.8) is 0 Å². The SMILES string of the molecule is CCN(C)CCNC(=O)c1ccncc1C#CCO. The van der Waals surface area contributed by atoms with Crippen molar-refractivity contribution in [2.75, 3.05) is 33.3 Å². The molecule has 1 rings (SSSR count). The second kappa shape index (κ2) is 8.25. The highest BCUT2D eigenvalue weighted by atomic mass is 16.2. The molecule has 0 radical (unpaired) electrons. The minimum atomic E-state index is -0.239. The van der Waals surface area contributed by atoms with E-state index in [0.717, 1.165) is 13.1 Å². The minimum absolute atomic E-state index is 0.172. The quantitative estimate of drug-likeness (QED) is 0.738. The molecule has 0 aliphatic heterocycles. The van der Waals surface area contributed by atoms with Gasteiger partial charge >= 0.3 is 0 Å². The van der Waals surface area contributed by atoms with Crippen LogP contribution < -0.4 is 5.32 Å². The number of likely N-dealkylation sites (N-methyl/N-ethyl adjacent to an activating group) is 1. The third-order valence-corrected chi connectivity index (χ3v) is 2.69. The van der Waals surface area contributed by atoms with Gasteiger partial charge in [0.15, 0.2) is 0 Å². The Hall–Kier alpha value is -1.90. The van der Waals surface area contributed by atoms with Crippen molar-refractivity contribution in [3.05, 3.63) is 29.6 Å². The van der Waals surface area contributed by atoms with Crippen LogP contribution in [0.2, 0.25) is 0 Å². The van der Waals surface area contributed by atoms with E-state index >= 15 is 0 Å². The fraction of sp³-hybridized carbons (Fsp3) is 0.429. The van der Waals surface area contributed by atoms with Crippen molar-refractivity contribution in [2.24, 2.45) is 0 Å². The molecule has 0 aromatic carbocycles. The number of aliphatic hydroxyl groups is 1. The summed E-state index contributed by atoms with van der Waals surface area (Å²) in [4.78, 5) is 18.1. The van der Waals surface area contributed by atoms with E-state index in [1.807, 2.05) is 7.05 Å². The summed E-state index contributed by atoms with van der Waals surface area (Å²) in [5, 5.41) is 11.5. The molecule has 0 saturated heterocycles.